The minimum atomic E-state index is -3.72. The molecule has 0 amide bonds. The van der Waals surface area contributed by atoms with Gasteiger partial charge in [-0.1, -0.05) is 18.2 Å². The summed E-state index contributed by atoms with van der Waals surface area (Å²) >= 11 is 0. The molecule has 0 heterocycles. The van der Waals surface area contributed by atoms with Crippen molar-refractivity contribution in [2.75, 3.05) is 0 Å². The van der Waals surface area contributed by atoms with Crippen molar-refractivity contribution in [1.82, 2.24) is 0 Å². The van der Waals surface area contributed by atoms with Gasteiger partial charge in [0, 0.05) is 0 Å². The largest absolute Gasteiger partial charge is 0.312 e. The average Bonchev–Trinajstić information content (AvgIpc) is 2.06. The molecule has 0 aliphatic rings. The van der Waals surface area contributed by atoms with Crippen LogP contribution in [0, 0.1) is 0 Å². The lowest BCUT2D eigenvalue weighted by atomic mass is 10.4. The third-order valence-corrected chi connectivity index (χ3v) is 2.26. The van der Waals surface area contributed by atoms with E-state index in [-0.39, 0.29) is 4.90 Å². The highest BCUT2D eigenvalue weighted by Crippen LogP contribution is 2.08. The van der Waals surface area contributed by atoms with Crippen molar-refractivity contribution in [3.63, 3.8) is 0 Å². The van der Waals surface area contributed by atoms with Crippen LogP contribution in [-0.4, -0.2) is 8.42 Å². The highest BCUT2D eigenvalue weighted by atomic mass is 32.2. The Hall–Kier alpha value is -0.910. The van der Waals surface area contributed by atoms with Gasteiger partial charge in [0.05, 0.1) is 4.90 Å². The SMILES string of the molecule is NOS(=O)(=O)c1ccccc1. The van der Waals surface area contributed by atoms with Crippen molar-refractivity contribution < 1.29 is 12.7 Å². The van der Waals surface area contributed by atoms with E-state index in [4.69, 9.17) is 0 Å². The van der Waals surface area contributed by atoms with E-state index in [0.717, 1.165) is 0 Å². The molecule has 0 radical (unpaired) electrons. The maximum atomic E-state index is 10.9. The summed E-state index contributed by atoms with van der Waals surface area (Å²) in [6.45, 7) is 0. The van der Waals surface area contributed by atoms with Crippen molar-refractivity contribution >= 4 is 10.1 Å². The number of nitrogens with two attached hydrogens (primary N) is 1. The van der Waals surface area contributed by atoms with E-state index in [0.29, 0.717) is 0 Å². The van der Waals surface area contributed by atoms with Crippen LogP contribution in [0.15, 0.2) is 35.2 Å². The second kappa shape index (κ2) is 3.00. The first-order valence-electron chi connectivity index (χ1n) is 2.85. The second-order valence-corrected chi connectivity index (χ2v) is 3.44. The molecule has 4 nitrogen and oxygen atoms in total. The molecule has 0 aliphatic heterocycles. The lowest BCUT2D eigenvalue weighted by Crippen LogP contribution is -2.10. The zero-order valence-electron chi connectivity index (χ0n) is 5.60. The summed E-state index contributed by atoms with van der Waals surface area (Å²) in [5.74, 6) is 4.55. The summed E-state index contributed by atoms with van der Waals surface area (Å²) in [7, 11) is -3.72. The molecule has 1 aromatic rings. The summed E-state index contributed by atoms with van der Waals surface area (Å²) in [4.78, 5) is 0.0579. The van der Waals surface area contributed by atoms with Crippen LogP contribution in [0.4, 0.5) is 0 Å². The first-order chi connectivity index (χ1) is 5.17. The average molecular weight is 173 g/mol. The Morgan fingerprint density at radius 1 is 1.18 bits per heavy atom. The molecule has 1 rings (SSSR count). The van der Waals surface area contributed by atoms with Gasteiger partial charge in [0.2, 0.25) is 0 Å². The quantitative estimate of drug-likeness (QED) is 0.651. The predicted molar refractivity (Wildman–Crippen MR) is 38.9 cm³/mol. The number of hydrogen-bond acceptors (Lipinski definition) is 4. The smallest absolute Gasteiger partial charge is 0.197 e. The molecule has 0 saturated carbocycles. The fourth-order valence-electron chi connectivity index (χ4n) is 0.643. The summed E-state index contributed by atoms with van der Waals surface area (Å²) < 4.78 is 25.5. The summed E-state index contributed by atoms with van der Waals surface area (Å²) in [5, 5.41) is 0. The molecule has 11 heavy (non-hydrogen) atoms. The standard InChI is InChI=1S/C6H7NO3S/c7-10-11(8,9)6-4-2-1-3-5-6/h1-5H,7H2. The monoisotopic (exact) mass is 173 g/mol. The molecule has 0 aromatic heterocycles. The molecule has 2 N–H and O–H groups in total. The lowest BCUT2D eigenvalue weighted by molar-refractivity contribution is 0.333. The first kappa shape index (κ1) is 8.19. The van der Waals surface area contributed by atoms with E-state index >= 15 is 0 Å². The Labute approximate surface area is 64.7 Å². The van der Waals surface area contributed by atoms with Crippen LogP contribution >= 0.6 is 0 Å². The fraction of sp³-hybridized carbons (Fsp3) is 0. The van der Waals surface area contributed by atoms with Crippen LogP contribution in [-0.2, 0) is 14.4 Å². The Bertz CT molecular complexity index is 319. The van der Waals surface area contributed by atoms with Crippen LogP contribution in [0.1, 0.15) is 0 Å². The number of rotatable bonds is 2. The van der Waals surface area contributed by atoms with Crippen LogP contribution in [0.3, 0.4) is 0 Å². The molecule has 0 unspecified atom stereocenters. The number of benzene rings is 1. The second-order valence-electron chi connectivity index (χ2n) is 1.86. The van der Waals surface area contributed by atoms with Crippen LogP contribution < -0.4 is 5.90 Å². The van der Waals surface area contributed by atoms with E-state index in [2.05, 4.69) is 10.2 Å². The first-order valence-corrected chi connectivity index (χ1v) is 4.26. The topological polar surface area (TPSA) is 69.4 Å². The molecule has 5 heteroatoms. The maximum absolute atomic E-state index is 10.9. The van der Waals surface area contributed by atoms with Gasteiger partial charge in [0.1, 0.15) is 0 Å². The zero-order valence-corrected chi connectivity index (χ0v) is 6.41. The highest BCUT2D eigenvalue weighted by Gasteiger charge is 2.11. The maximum Gasteiger partial charge on any atom is 0.312 e. The van der Waals surface area contributed by atoms with Crippen molar-refractivity contribution in [2.24, 2.45) is 5.90 Å². The number of hydrogen-bond donors (Lipinski definition) is 1. The highest BCUT2D eigenvalue weighted by molar-refractivity contribution is 7.86. The summed E-state index contributed by atoms with van der Waals surface area (Å²) in [5.41, 5.74) is 0. The molecule has 0 atom stereocenters. The molecule has 1 aromatic carbocycles. The minimum Gasteiger partial charge on any atom is -0.197 e. The molecular weight excluding hydrogens is 166 g/mol. The fourth-order valence-corrected chi connectivity index (χ4v) is 1.24. The molecule has 0 bridgehead atoms. The van der Waals surface area contributed by atoms with Gasteiger partial charge in [0.25, 0.3) is 0 Å². The Balaban J connectivity index is 3.14. The third-order valence-electron chi connectivity index (χ3n) is 1.16. The zero-order chi connectivity index (χ0) is 8.32. The van der Waals surface area contributed by atoms with E-state index in [1.165, 1.54) is 12.1 Å². The summed E-state index contributed by atoms with van der Waals surface area (Å²) in [6, 6.07) is 7.69. The molecule has 0 spiro atoms. The Morgan fingerprint density at radius 3 is 2.18 bits per heavy atom. The van der Waals surface area contributed by atoms with E-state index in [1.54, 1.807) is 18.2 Å². The van der Waals surface area contributed by atoms with E-state index in [9.17, 15) is 8.42 Å². The van der Waals surface area contributed by atoms with Crippen molar-refractivity contribution in [3.8, 4) is 0 Å². The van der Waals surface area contributed by atoms with Crippen molar-refractivity contribution in [2.45, 2.75) is 4.90 Å². The molecule has 0 saturated heterocycles. The normalized spacial score (nSPS) is 11.4. The van der Waals surface area contributed by atoms with Crippen molar-refractivity contribution in [1.29, 1.82) is 0 Å². The van der Waals surface area contributed by atoms with Crippen LogP contribution in [0.5, 0.6) is 0 Å². The molecule has 0 fully saturated rings. The molecule has 60 valence electrons. The Morgan fingerprint density at radius 2 is 1.73 bits per heavy atom. The third kappa shape index (κ3) is 1.76. The molecular formula is C6H7NO3S. The Kier molecular flexibility index (Phi) is 2.23. The van der Waals surface area contributed by atoms with Gasteiger partial charge >= 0.3 is 10.1 Å². The van der Waals surface area contributed by atoms with Gasteiger partial charge in [-0.3, -0.25) is 0 Å². The van der Waals surface area contributed by atoms with Gasteiger partial charge in [-0.25, -0.2) is 0 Å². The minimum absolute atomic E-state index is 0.0579. The van der Waals surface area contributed by atoms with Gasteiger partial charge in [-0.15, -0.1) is 0 Å². The van der Waals surface area contributed by atoms with E-state index in [1.807, 2.05) is 0 Å². The summed E-state index contributed by atoms with van der Waals surface area (Å²) in [6.07, 6.45) is 0. The van der Waals surface area contributed by atoms with E-state index < -0.39 is 10.1 Å². The van der Waals surface area contributed by atoms with Crippen LogP contribution in [0.2, 0.25) is 0 Å². The molecule has 0 aliphatic carbocycles. The lowest BCUT2D eigenvalue weighted by Gasteiger charge is -1.97. The van der Waals surface area contributed by atoms with Gasteiger partial charge in [-0.2, -0.15) is 18.6 Å². The predicted octanol–water partition coefficient (Wildman–Crippen LogP) is 0.266. The van der Waals surface area contributed by atoms with Crippen molar-refractivity contribution in [3.05, 3.63) is 30.3 Å². The van der Waals surface area contributed by atoms with Gasteiger partial charge in [-0.05, 0) is 12.1 Å². The van der Waals surface area contributed by atoms with Gasteiger partial charge < -0.3 is 0 Å². The van der Waals surface area contributed by atoms with Gasteiger partial charge in [0.15, 0.2) is 0 Å². The van der Waals surface area contributed by atoms with Crippen LogP contribution in [0.25, 0.3) is 0 Å².